The van der Waals surface area contributed by atoms with Crippen molar-refractivity contribution in [2.24, 2.45) is 0 Å². The molecule has 0 saturated heterocycles. The lowest BCUT2D eigenvalue weighted by Gasteiger charge is -2.27. The van der Waals surface area contributed by atoms with Gasteiger partial charge in [0.1, 0.15) is 12.4 Å². The highest BCUT2D eigenvalue weighted by Crippen LogP contribution is 2.41. The van der Waals surface area contributed by atoms with E-state index in [1.165, 1.54) is 11.3 Å². The Kier molecular flexibility index (Phi) is 7.86. The first kappa shape index (κ1) is 25.6. The molecule has 0 saturated carbocycles. The van der Waals surface area contributed by atoms with Gasteiger partial charge in [0.2, 0.25) is 5.78 Å². The van der Waals surface area contributed by atoms with Gasteiger partial charge in [-0.3, -0.25) is 9.59 Å². The van der Waals surface area contributed by atoms with Crippen molar-refractivity contribution in [1.82, 2.24) is 14.8 Å². The smallest absolute Gasteiger partial charge is 0.290 e. The number of carbonyl (C=O) groups excluding carboxylic acids is 2. The van der Waals surface area contributed by atoms with E-state index in [4.69, 9.17) is 4.74 Å². The van der Waals surface area contributed by atoms with E-state index in [-0.39, 0.29) is 11.4 Å². The molecule has 7 nitrogen and oxygen atoms in total. The Morgan fingerprint density at radius 2 is 1.89 bits per heavy atom. The molecular formula is C28H31N3O4S. The summed E-state index contributed by atoms with van der Waals surface area (Å²) in [4.78, 5) is 35.3. The quantitative estimate of drug-likeness (QED) is 0.396. The SMILES string of the molecule is Cc1nc(C)c(C(=O)C2=C(O)C(=O)N(CCCN(C)C)C2c2cccc(OCc3ccccc3)c2)s1. The molecule has 188 valence electrons. The molecule has 2 heterocycles. The summed E-state index contributed by atoms with van der Waals surface area (Å²) in [5.74, 6) is -0.757. The molecule has 0 bridgehead atoms. The van der Waals surface area contributed by atoms with E-state index in [1.54, 1.807) is 11.8 Å². The Balaban J connectivity index is 1.68. The van der Waals surface area contributed by atoms with Gasteiger partial charge >= 0.3 is 0 Å². The number of rotatable bonds is 10. The van der Waals surface area contributed by atoms with E-state index in [9.17, 15) is 14.7 Å². The number of aromatic nitrogens is 1. The third kappa shape index (κ3) is 5.50. The minimum atomic E-state index is -0.714. The molecule has 3 aromatic rings. The second-order valence-electron chi connectivity index (χ2n) is 9.14. The molecule has 0 radical (unpaired) electrons. The van der Waals surface area contributed by atoms with Crippen molar-refractivity contribution in [3.63, 3.8) is 0 Å². The summed E-state index contributed by atoms with van der Waals surface area (Å²) < 4.78 is 6.02. The second kappa shape index (κ2) is 11.1. The Hall–Kier alpha value is -3.49. The van der Waals surface area contributed by atoms with Crippen molar-refractivity contribution in [3.8, 4) is 5.75 Å². The normalized spacial score (nSPS) is 15.8. The molecule has 1 atom stereocenters. The number of aliphatic hydroxyl groups excluding tert-OH is 1. The minimum Gasteiger partial charge on any atom is -0.503 e. The maximum Gasteiger partial charge on any atom is 0.290 e. The van der Waals surface area contributed by atoms with Gasteiger partial charge in [-0.15, -0.1) is 11.3 Å². The summed E-state index contributed by atoms with van der Waals surface area (Å²) in [5, 5.41) is 11.7. The van der Waals surface area contributed by atoms with E-state index >= 15 is 0 Å². The van der Waals surface area contributed by atoms with Gasteiger partial charge in [0.15, 0.2) is 5.76 Å². The van der Waals surface area contributed by atoms with Crippen LogP contribution in [-0.4, -0.2) is 58.8 Å². The van der Waals surface area contributed by atoms with Gasteiger partial charge in [-0.2, -0.15) is 0 Å². The first-order valence-electron chi connectivity index (χ1n) is 11.9. The van der Waals surface area contributed by atoms with Crippen molar-refractivity contribution in [2.45, 2.75) is 32.9 Å². The Labute approximate surface area is 215 Å². The lowest BCUT2D eigenvalue weighted by molar-refractivity contribution is -0.129. The number of hydrogen-bond donors (Lipinski definition) is 1. The molecule has 0 aliphatic carbocycles. The zero-order valence-electron chi connectivity index (χ0n) is 21.0. The highest BCUT2D eigenvalue weighted by Gasteiger charge is 2.44. The molecule has 1 unspecified atom stereocenters. The summed E-state index contributed by atoms with van der Waals surface area (Å²) >= 11 is 1.27. The number of Topliss-reactive ketones (excluding diaryl/α,β-unsaturated/α-hetero) is 1. The first-order chi connectivity index (χ1) is 17.3. The summed E-state index contributed by atoms with van der Waals surface area (Å²) in [7, 11) is 3.94. The molecule has 1 aliphatic rings. The number of nitrogens with zero attached hydrogens (tertiary/aromatic N) is 3. The Morgan fingerprint density at radius 1 is 1.14 bits per heavy atom. The van der Waals surface area contributed by atoms with E-state index < -0.39 is 17.7 Å². The highest BCUT2D eigenvalue weighted by atomic mass is 32.1. The molecule has 8 heteroatoms. The Morgan fingerprint density at radius 3 is 2.56 bits per heavy atom. The number of ether oxygens (including phenoxy) is 1. The van der Waals surface area contributed by atoms with Gasteiger partial charge in [-0.1, -0.05) is 42.5 Å². The fourth-order valence-corrected chi connectivity index (χ4v) is 5.27. The lowest BCUT2D eigenvalue weighted by Crippen LogP contribution is -2.33. The average Bonchev–Trinajstić information content (AvgIpc) is 3.33. The number of thiazole rings is 1. The minimum absolute atomic E-state index is 0.0943. The molecule has 1 amide bonds. The maximum absolute atomic E-state index is 13.7. The fraction of sp³-hybridized carbons (Fsp3) is 0.321. The van der Waals surface area contributed by atoms with Crippen LogP contribution in [0.2, 0.25) is 0 Å². The summed E-state index contributed by atoms with van der Waals surface area (Å²) in [5.41, 5.74) is 2.44. The van der Waals surface area contributed by atoms with Crippen LogP contribution in [0.3, 0.4) is 0 Å². The molecule has 1 N–H and O–H groups in total. The van der Waals surface area contributed by atoms with Crippen molar-refractivity contribution >= 4 is 23.0 Å². The second-order valence-corrected chi connectivity index (χ2v) is 10.3. The number of ketones is 1. The van der Waals surface area contributed by atoms with Crippen molar-refractivity contribution < 1.29 is 19.4 Å². The van der Waals surface area contributed by atoms with E-state index in [1.807, 2.05) is 80.5 Å². The zero-order chi connectivity index (χ0) is 25.8. The first-order valence-corrected chi connectivity index (χ1v) is 12.7. The van der Waals surface area contributed by atoms with Gasteiger partial charge in [-0.25, -0.2) is 4.98 Å². The topological polar surface area (TPSA) is 83.0 Å². The van der Waals surface area contributed by atoms with Crippen LogP contribution in [0, 0.1) is 13.8 Å². The van der Waals surface area contributed by atoms with E-state index in [2.05, 4.69) is 4.98 Å². The molecule has 0 spiro atoms. The number of aliphatic hydroxyl groups is 1. The summed E-state index contributed by atoms with van der Waals surface area (Å²) in [6.45, 7) is 5.17. The number of benzene rings is 2. The molecule has 36 heavy (non-hydrogen) atoms. The van der Waals surface area contributed by atoms with Gasteiger partial charge in [-0.05, 0) is 64.2 Å². The fourth-order valence-electron chi connectivity index (χ4n) is 4.40. The van der Waals surface area contributed by atoms with Crippen LogP contribution < -0.4 is 4.74 Å². The third-order valence-corrected chi connectivity index (χ3v) is 7.16. The van der Waals surface area contributed by atoms with Crippen molar-refractivity contribution in [1.29, 1.82) is 0 Å². The van der Waals surface area contributed by atoms with Crippen LogP contribution in [0.5, 0.6) is 5.75 Å². The van der Waals surface area contributed by atoms with Crippen LogP contribution in [0.4, 0.5) is 0 Å². The molecule has 1 aromatic heterocycles. The van der Waals surface area contributed by atoms with Gasteiger partial charge in [0.25, 0.3) is 5.91 Å². The van der Waals surface area contributed by atoms with Crippen LogP contribution in [-0.2, 0) is 11.4 Å². The summed E-state index contributed by atoms with van der Waals surface area (Å²) in [6.07, 6.45) is 0.701. The van der Waals surface area contributed by atoms with Crippen molar-refractivity contribution in [3.05, 3.63) is 92.6 Å². The molecule has 2 aromatic carbocycles. The Bertz CT molecular complexity index is 1280. The maximum atomic E-state index is 13.7. The predicted molar refractivity (Wildman–Crippen MR) is 140 cm³/mol. The number of aryl methyl sites for hydroxylation is 2. The van der Waals surface area contributed by atoms with E-state index in [0.717, 1.165) is 17.1 Å². The van der Waals surface area contributed by atoms with Crippen LogP contribution in [0.25, 0.3) is 0 Å². The standard InChI is InChI=1S/C28H31N3O4S/c1-18-27(36-19(2)29-18)25(32)23-24(31(28(34)26(23)33)15-9-14-30(3)4)21-12-8-13-22(16-21)35-17-20-10-6-5-7-11-20/h5-8,10-13,16,24,33H,9,14-15,17H2,1-4H3. The number of amides is 1. The highest BCUT2D eigenvalue weighted by molar-refractivity contribution is 7.14. The molecular weight excluding hydrogens is 474 g/mol. The van der Waals surface area contributed by atoms with Crippen LogP contribution >= 0.6 is 11.3 Å². The molecule has 1 aliphatic heterocycles. The zero-order valence-corrected chi connectivity index (χ0v) is 21.8. The number of carbonyl (C=O) groups is 2. The number of hydrogen-bond acceptors (Lipinski definition) is 7. The van der Waals surface area contributed by atoms with Gasteiger partial charge in [0.05, 0.1) is 27.2 Å². The van der Waals surface area contributed by atoms with Gasteiger partial charge < -0.3 is 19.6 Å². The predicted octanol–water partition coefficient (Wildman–Crippen LogP) is 4.87. The third-order valence-electron chi connectivity index (χ3n) is 6.08. The molecule has 0 fully saturated rings. The largest absolute Gasteiger partial charge is 0.503 e. The summed E-state index contributed by atoms with van der Waals surface area (Å²) in [6, 6.07) is 16.5. The van der Waals surface area contributed by atoms with Gasteiger partial charge in [0, 0.05) is 6.54 Å². The molecule has 4 rings (SSSR count). The van der Waals surface area contributed by atoms with Crippen LogP contribution in [0.15, 0.2) is 65.9 Å². The lowest BCUT2D eigenvalue weighted by atomic mass is 9.95. The monoisotopic (exact) mass is 505 g/mol. The van der Waals surface area contributed by atoms with E-state index in [0.29, 0.717) is 41.5 Å². The van der Waals surface area contributed by atoms with Crippen LogP contribution in [0.1, 0.15) is 44.0 Å². The van der Waals surface area contributed by atoms with Crippen molar-refractivity contribution in [2.75, 3.05) is 27.2 Å². The average molecular weight is 506 g/mol.